The quantitative estimate of drug-likeness (QED) is 0.239. The number of hydroxylamine groups is 1. The van der Waals surface area contributed by atoms with Crippen molar-refractivity contribution in [3.63, 3.8) is 0 Å². The van der Waals surface area contributed by atoms with Crippen LogP contribution in [0.15, 0.2) is 29.2 Å². The summed E-state index contributed by atoms with van der Waals surface area (Å²) in [6.07, 6.45) is 1.69. The largest absolute Gasteiger partial charge is 0.497 e. The molecule has 1 unspecified atom stereocenters. The number of hydrogen-bond acceptors (Lipinski definition) is 8. The molecule has 1 heterocycles. The first-order valence-electron chi connectivity index (χ1n) is 12.1. The Morgan fingerprint density at radius 1 is 1.14 bits per heavy atom. The van der Waals surface area contributed by atoms with Gasteiger partial charge in [0.05, 0.1) is 12.0 Å². The Hall–Kier alpha value is -2.70. The fourth-order valence-electron chi connectivity index (χ4n) is 4.16. The molecule has 0 aromatic heterocycles. The highest BCUT2D eigenvalue weighted by Gasteiger charge is 2.38. The van der Waals surface area contributed by atoms with Crippen LogP contribution in [0.25, 0.3) is 0 Å². The fourth-order valence-corrected chi connectivity index (χ4v) is 5.88. The lowest BCUT2D eigenvalue weighted by Crippen LogP contribution is -2.52. The Morgan fingerprint density at radius 3 is 2.25 bits per heavy atom. The van der Waals surface area contributed by atoms with Gasteiger partial charge in [-0.05, 0) is 36.6 Å². The Kier molecular flexibility index (Phi) is 11.1. The SMILES string of the molecule is CCCC(=O)OC1CCN(C(=O)CCN(C(C(=O)NO)C(C)C)S(=O)(=O)c2ccc(OC)cc2)CC1. The predicted octanol–water partition coefficient (Wildman–Crippen LogP) is 1.94. The van der Waals surface area contributed by atoms with E-state index in [0.717, 1.165) is 4.31 Å². The number of hydrogen-bond donors (Lipinski definition) is 2. The number of methoxy groups -OCH3 is 1. The lowest BCUT2D eigenvalue weighted by molar-refractivity contribution is -0.152. The average molecular weight is 528 g/mol. The maximum atomic E-state index is 13.5. The van der Waals surface area contributed by atoms with E-state index in [9.17, 15) is 28.0 Å². The number of sulfonamides is 1. The van der Waals surface area contributed by atoms with Crippen LogP contribution in [0.5, 0.6) is 5.75 Å². The van der Waals surface area contributed by atoms with Crippen molar-refractivity contribution in [2.75, 3.05) is 26.7 Å². The second-order valence-electron chi connectivity index (χ2n) is 9.03. The molecular weight excluding hydrogens is 490 g/mol. The number of carbonyl (C=O) groups is 3. The Bertz CT molecular complexity index is 989. The van der Waals surface area contributed by atoms with Crippen LogP contribution >= 0.6 is 0 Å². The highest BCUT2D eigenvalue weighted by atomic mass is 32.2. The molecule has 1 aliphatic heterocycles. The summed E-state index contributed by atoms with van der Waals surface area (Å²) in [4.78, 5) is 38.7. The summed E-state index contributed by atoms with van der Waals surface area (Å²) >= 11 is 0. The van der Waals surface area contributed by atoms with Crippen LogP contribution in [-0.4, -0.2) is 79.5 Å². The minimum Gasteiger partial charge on any atom is -0.497 e. The molecule has 1 atom stereocenters. The Morgan fingerprint density at radius 2 is 1.75 bits per heavy atom. The smallest absolute Gasteiger partial charge is 0.306 e. The number of esters is 1. The van der Waals surface area contributed by atoms with Crippen molar-refractivity contribution in [2.45, 2.75) is 69.9 Å². The van der Waals surface area contributed by atoms with Crippen molar-refractivity contribution in [3.05, 3.63) is 24.3 Å². The highest BCUT2D eigenvalue weighted by molar-refractivity contribution is 7.89. The van der Waals surface area contributed by atoms with Gasteiger partial charge in [-0.25, -0.2) is 13.9 Å². The zero-order valence-electron chi connectivity index (χ0n) is 21.3. The van der Waals surface area contributed by atoms with Crippen LogP contribution in [0.4, 0.5) is 0 Å². The third-order valence-electron chi connectivity index (χ3n) is 6.08. The van der Waals surface area contributed by atoms with Crippen molar-refractivity contribution in [1.29, 1.82) is 0 Å². The first kappa shape index (κ1) is 29.5. The molecule has 0 saturated carbocycles. The summed E-state index contributed by atoms with van der Waals surface area (Å²) in [5.74, 6) is -1.43. The first-order valence-corrected chi connectivity index (χ1v) is 13.6. The first-order chi connectivity index (χ1) is 17.0. The molecule has 0 aliphatic carbocycles. The van der Waals surface area contributed by atoms with Crippen molar-refractivity contribution < 1.29 is 37.5 Å². The lowest BCUT2D eigenvalue weighted by Gasteiger charge is -2.34. The summed E-state index contributed by atoms with van der Waals surface area (Å²) < 4.78 is 38.5. The molecule has 1 aliphatic rings. The van der Waals surface area contributed by atoms with Crippen LogP contribution in [0.1, 0.15) is 52.9 Å². The maximum absolute atomic E-state index is 13.5. The predicted molar refractivity (Wildman–Crippen MR) is 131 cm³/mol. The molecule has 2 N–H and O–H groups in total. The molecule has 1 fully saturated rings. The van der Waals surface area contributed by atoms with E-state index < -0.39 is 27.9 Å². The summed E-state index contributed by atoms with van der Waals surface area (Å²) in [6.45, 7) is 5.73. The van der Waals surface area contributed by atoms with E-state index in [0.29, 0.717) is 44.5 Å². The second-order valence-corrected chi connectivity index (χ2v) is 10.9. The number of likely N-dealkylation sites (tertiary alicyclic amines) is 1. The van der Waals surface area contributed by atoms with Crippen molar-refractivity contribution in [2.24, 2.45) is 5.92 Å². The minimum atomic E-state index is -4.20. The molecule has 2 rings (SSSR count). The summed E-state index contributed by atoms with van der Waals surface area (Å²) in [6, 6.07) is 4.47. The van der Waals surface area contributed by atoms with Gasteiger partial charge in [-0.3, -0.25) is 19.6 Å². The second kappa shape index (κ2) is 13.6. The molecular formula is C24H37N3O8S. The van der Waals surface area contributed by atoms with E-state index in [1.54, 1.807) is 24.2 Å². The van der Waals surface area contributed by atoms with E-state index in [2.05, 4.69) is 0 Å². The van der Waals surface area contributed by atoms with E-state index in [1.807, 2.05) is 6.92 Å². The monoisotopic (exact) mass is 527 g/mol. The number of piperidine rings is 1. The fraction of sp³-hybridized carbons (Fsp3) is 0.625. The molecule has 0 radical (unpaired) electrons. The van der Waals surface area contributed by atoms with Gasteiger partial charge in [0, 0.05) is 45.3 Å². The standard InChI is InChI=1S/C24H37N3O8S/c1-5-6-22(29)35-19-11-14-26(15-12-19)21(28)13-16-27(23(17(2)3)24(30)25-31)36(32,33)20-9-7-18(34-4)8-10-20/h7-10,17,19,23,31H,5-6,11-16H2,1-4H3,(H,25,30). The molecule has 11 nitrogen and oxygen atoms in total. The minimum absolute atomic E-state index is 0.0677. The number of nitrogens with zero attached hydrogens (tertiary/aromatic N) is 2. The van der Waals surface area contributed by atoms with Gasteiger partial charge >= 0.3 is 5.97 Å². The van der Waals surface area contributed by atoms with Gasteiger partial charge in [0.1, 0.15) is 17.9 Å². The van der Waals surface area contributed by atoms with Crippen LogP contribution in [-0.2, 0) is 29.1 Å². The normalized spacial score (nSPS) is 15.6. The lowest BCUT2D eigenvalue weighted by atomic mass is 10.0. The van der Waals surface area contributed by atoms with E-state index >= 15 is 0 Å². The van der Waals surface area contributed by atoms with Crippen LogP contribution in [0.3, 0.4) is 0 Å². The van der Waals surface area contributed by atoms with Crippen LogP contribution < -0.4 is 10.2 Å². The van der Waals surface area contributed by atoms with Gasteiger partial charge in [0.2, 0.25) is 15.9 Å². The molecule has 202 valence electrons. The average Bonchev–Trinajstić information content (AvgIpc) is 2.86. The molecule has 12 heteroatoms. The Balaban J connectivity index is 2.16. The van der Waals surface area contributed by atoms with Crippen LogP contribution in [0.2, 0.25) is 0 Å². The molecule has 0 spiro atoms. The third kappa shape index (κ3) is 7.65. The van der Waals surface area contributed by atoms with Crippen molar-refractivity contribution in [3.8, 4) is 5.75 Å². The number of carbonyl (C=O) groups excluding carboxylic acids is 3. The number of amides is 2. The number of ether oxygens (including phenoxy) is 2. The number of benzene rings is 1. The number of nitrogens with one attached hydrogen (secondary N) is 1. The zero-order chi connectivity index (χ0) is 26.9. The maximum Gasteiger partial charge on any atom is 0.306 e. The van der Waals surface area contributed by atoms with Gasteiger partial charge in [-0.15, -0.1) is 0 Å². The van der Waals surface area contributed by atoms with E-state index in [4.69, 9.17) is 9.47 Å². The van der Waals surface area contributed by atoms with Gasteiger partial charge in [-0.1, -0.05) is 20.8 Å². The topological polar surface area (TPSA) is 143 Å². The Labute approximate surface area is 212 Å². The van der Waals surface area contributed by atoms with Gasteiger partial charge < -0.3 is 14.4 Å². The van der Waals surface area contributed by atoms with Gasteiger partial charge in [0.25, 0.3) is 5.91 Å². The molecule has 2 amide bonds. The van der Waals surface area contributed by atoms with E-state index in [-0.39, 0.29) is 35.8 Å². The molecule has 0 bridgehead atoms. The molecule has 1 aromatic carbocycles. The highest BCUT2D eigenvalue weighted by Crippen LogP contribution is 2.25. The van der Waals surface area contributed by atoms with Crippen molar-refractivity contribution >= 4 is 27.8 Å². The molecule has 36 heavy (non-hydrogen) atoms. The summed E-state index contributed by atoms with van der Waals surface area (Å²) in [5.41, 5.74) is 1.55. The van der Waals surface area contributed by atoms with Gasteiger partial charge in [-0.2, -0.15) is 4.31 Å². The molecule has 1 saturated heterocycles. The summed E-state index contributed by atoms with van der Waals surface area (Å²) in [7, 11) is -2.74. The zero-order valence-corrected chi connectivity index (χ0v) is 22.1. The van der Waals surface area contributed by atoms with Crippen LogP contribution in [0, 0.1) is 5.92 Å². The molecule has 1 aromatic rings. The van der Waals surface area contributed by atoms with Crippen molar-refractivity contribution in [1.82, 2.24) is 14.7 Å². The third-order valence-corrected chi connectivity index (χ3v) is 7.97. The van der Waals surface area contributed by atoms with Gasteiger partial charge in [0.15, 0.2) is 0 Å². The summed E-state index contributed by atoms with van der Waals surface area (Å²) in [5, 5.41) is 9.26. The van der Waals surface area contributed by atoms with E-state index in [1.165, 1.54) is 31.4 Å². The number of rotatable bonds is 12.